The number of non-ortho nitro benzene ring substituents is 1. The molecule has 0 saturated carbocycles. The van der Waals surface area contributed by atoms with Gasteiger partial charge < -0.3 is 0 Å². The summed E-state index contributed by atoms with van der Waals surface area (Å²) in [5.41, 5.74) is 0.803. The molecular formula is C8H6BrNO2. The van der Waals surface area contributed by atoms with Crippen molar-refractivity contribution in [2.45, 2.75) is 0 Å². The maximum absolute atomic E-state index is 10.3. The fourth-order valence-corrected chi connectivity index (χ4v) is 1.21. The third-order valence-corrected chi connectivity index (χ3v) is 2.13. The minimum absolute atomic E-state index is 0.0769. The Labute approximate surface area is 78.0 Å². The van der Waals surface area contributed by atoms with Crippen molar-refractivity contribution < 1.29 is 4.92 Å². The van der Waals surface area contributed by atoms with E-state index in [0.717, 1.165) is 10.0 Å². The molecule has 62 valence electrons. The molecule has 0 amide bonds. The third kappa shape index (κ3) is 1.71. The molecule has 1 rings (SSSR count). The molecular weight excluding hydrogens is 222 g/mol. The smallest absolute Gasteiger partial charge is 0.258 e. The van der Waals surface area contributed by atoms with E-state index in [1.54, 1.807) is 12.1 Å². The van der Waals surface area contributed by atoms with Crippen molar-refractivity contribution in [2.75, 3.05) is 0 Å². The summed E-state index contributed by atoms with van der Waals surface area (Å²) in [5, 5.41) is 10.3. The van der Waals surface area contributed by atoms with Gasteiger partial charge in [0, 0.05) is 16.6 Å². The molecule has 3 nitrogen and oxygen atoms in total. The number of rotatable bonds is 2. The van der Waals surface area contributed by atoms with Crippen molar-refractivity contribution in [1.82, 2.24) is 0 Å². The average molecular weight is 228 g/mol. The van der Waals surface area contributed by atoms with Crippen LogP contribution in [0, 0.1) is 10.1 Å². The molecule has 0 radical (unpaired) electrons. The number of nitro benzene ring substituents is 1. The zero-order chi connectivity index (χ0) is 9.14. The van der Waals surface area contributed by atoms with Crippen LogP contribution in [-0.2, 0) is 0 Å². The van der Waals surface area contributed by atoms with Crippen LogP contribution in [0.5, 0.6) is 0 Å². The van der Waals surface area contributed by atoms with E-state index in [-0.39, 0.29) is 5.69 Å². The molecule has 0 bridgehead atoms. The van der Waals surface area contributed by atoms with Gasteiger partial charge >= 0.3 is 0 Å². The van der Waals surface area contributed by atoms with Gasteiger partial charge in [-0.25, -0.2) is 0 Å². The van der Waals surface area contributed by atoms with Crippen LogP contribution in [0.4, 0.5) is 5.69 Å². The van der Waals surface area contributed by atoms with Crippen LogP contribution in [-0.4, -0.2) is 4.92 Å². The molecule has 0 heterocycles. The van der Waals surface area contributed by atoms with Gasteiger partial charge in [0.25, 0.3) is 5.69 Å². The monoisotopic (exact) mass is 227 g/mol. The zero-order valence-electron chi connectivity index (χ0n) is 6.16. The summed E-state index contributed by atoms with van der Waals surface area (Å²) in [4.78, 5) is 9.91. The van der Waals surface area contributed by atoms with E-state index in [0.29, 0.717) is 0 Å². The predicted octanol–water partition coefficient (Wildman–Crippen LogP) is 3.00. The number of halogens is 1. The van der Waals surface area contributed by atoms with Gasteiger partial charge in [-0.15, -0.1) is 0 Å². The lowest BCUT2D eigenvalue weighted by Crippen LogP contribution is -1.88. The topological polar surface area (TPSA) is 43.1 Å². The van der Waals surface area contributed by atoms with Crippen LogP contribution in [0.3, 0.4) is 0 Å². The van der Waals surface area contributed by atoms with E-state index >= 15 is 0 Å². The van der Waals surface area contributed by atoms with Gasteiger partial charge in [0.05, 0.1) is 4.92 Å². The number of hydrogen-bond donors (Lipinski definition) is 0. The largest absolute Gasteiger partial charge is 0.270 e. The predicted molar refractivity (Wildman–Crippen MR) is 50.9 cm³/mol. The van der Waals surface area contributed by atoms with E-state index in [1.165, 1.54) is 12.1 Å². The van der Waals surface area contributed by atoms with Gasteiger partial charge in [-0.3, -0.25) is 10.1 Å². The third-order valence-electron chi connectivity index (χ3n) is 1.41. The maximum Gasteiger partial charge on any atom is 0.270 e. The number of nitro groups is 1. The summed E-state index contributed by atoms with van der Waals surface area (Å²) in [6, 6.07) is 4.54. The lowest BCUT2D eigenvalue weighted by atomic mass is 10.2. The molecule has 0 atom stereocenters. The molecule has 0 spiro atoms. The molecule has 1 aromatic rings. The Morgan fingerprint density at radius 3 is 2.75 bits per heavy atom. The molecule has 0 aliphatic heterocycles. The van der Waals surface area contributed by atoms with Crippen molar-refractivity contribution in [1.29, 1.82) is 0 Å². The highest BCUT2D eigenvalue weighted by Gasteiger charge is 2.06. The van der Waals surface area contributed by atoms with Crippen LogP contribution < -0.4 is 0 Å². The first-order valence-corrected chi connectivity index (χ1v) is 4.01. The Kier molecular flexibility index (Phi) is 2.60. The summed E-state index contributed by atoms with van der Waals surface area (Å²) >= 11 is 3.25. The highest BCUT2D eigenvalue weighted by Crippen LogP contribution is 2.22. The van der Waals surface area contributed by atoms with E-state index < -0.39 is 4.92 Å². The van der Waals surface area contributed by atoms with Gasteiger partial charge in [-0.2, -0.15) is 0 Å². The van der Waals surface area contributed by atoms with E-state index in [1.807, 2.05) is 0 Å². The molecule has 0 aliphatic carbocycles. The lowest BCUT2D eigenvalue weighted by Gasteiger charge is -1.96. The van der Waals surface area contributed by atoms with Crippen LogP contribution in [0.1, 0.15) is 5.56 Å². The first-order valence-electron chi connectivity index (χ1n) is 3.21. The van der Waals surface area contributed by atoms with Crippen molar-refractivity contribution in [3.05, 3.63) is 44.9 Å². The van der Waals surface area contributed by atoms with E-state index in [9.17, 15) is 10.1 Å². The maximum atomic E-state index is 10.3. The molecule has 0 aliphatic rings. The molecule has 4 heteroatoms. The van der Waals surface area contributed by atoms with Gasteiger partial charge in [-0.1, -0.05) is 28.6 Å². The second-order valence-electron chi connectivity index (χ2n) is 2.17. The Morgan fingerprint density at radius 1 is 1.58 bits per heavy atom. The SMILES string of the molecule is C=Cc1cc([N+](=O)[O-])ccc1Br. The molecule has 0 N–H and O–H groups in total. The van der Waals surface area contributed by atoms with Crippen LogP contribution in [0.25, 0.3) is 6.08 Å². The second-order valence-corrected chi connectivity index (χ2v) is 3.02. The molecule has 1 aromatic carbocycles. The van der Waals surface area contributed by atoms with E-state index in [2.05, 4.69) is 22.5 Å². The summed E-state index contributed by atoms with van der Waals surface area (Å²) in [5.74, 6) is 0. The van der Waals surface area contributed by atoms with Gasteiger partial charge in [0.2, 0.25) is 0 Å². The number of benzene rings is 1. The Morgan fingerprint density at radius 2 is 2.25 bits per heavy atom. The fourth-order valence-electron chi connectivity index (χ4n) is 0.801. The highest BCUT2D eigenvalue weighted by molar-refractivity contribution is 9.10. The normalized spacial score (nSPS) is 9.42. The number of nitrogens with zero attached hydrogens (tertiary/aromatic N) is 1. The lowest BCUT2D eigenvalue weighted by molar-refractivity contribution is -0.384. The second kappa shape index (κ2) is 3.49. The fraction of sp³-hybridized carbons (Fsp3) is 0. The van der Waals surface area contributed by atoms with Gasteiger partial charge in [0.15, 0.2) is 0 Å². The summed E-state index contributed by atoms with van der Waals surface area (Å²) in [7, 11) is 0. The van der Waals surface area contributed by atoms with Crippen molar-refractivity contribution >= 4 is 27.7 Å². The van der Waals surface area contributed by atoms with Crippen molar-refractivity contribution in [3.63, 3.8) is 0 Å². The Hall–Kier alpha value is -1.16. The minimum atomic E-state index is -0.431. The quantitative estimate of drug-likeness (QED) is 0.576. The van der Waals surface area contributed by atoms with Crippen molar-refractivity contribution in [2.24, 2.45) is 0 Å². The first kappa shape index (κ1) is 8.93. The summed E-state index contributed by atoms with van der Waals surface area (Å²) in [6.45, 7) is 3.54. The van der Waals surface area contributed by atoms with E-state index in [4.69, 9.17) is 0 Å². The molecule has 0 fully saturated rings. The summed E-state index contributed by atoms with van der Waals surface area (Å²) < 4.78 is 0.808. The molecule has 0 aromatic heterocycles. The molecule has 0 unspecified atom stereocenters. The van der Waals surface area contributed by atoms with Gasteiger partial charge in [0.1, 0.15) is 0 Å². The Bertz CT molecular complexity index is 336. The molecule has 12 heavy (non-hydrogen) atoms. The standard InChI is InChI=1S/C8H6BrNO2/c1-2-6-5-7(10(11)12)3-4-8(6)9/h2-5H,1H2. The zero-order valence-corrected chi connectivity index (χ0v) is 7.74. The number of hydrogen-bond acceptors (Lipinski definition) is 2. The van der Waals surface area contributed by atoms with Gasteiger partial charge in [-0.05, 0) is 11.6 Å². The van der Waals surface area contributed by atoms with Crippen LogP contribution >= 0.6 is 15.9 Å². The average Bonchev–Trinajstić information content (AvgIpc) is 2.05. The highest BCUT2D eigenvalue weighted by atomic mass is 79.9. The molecule has 0 saturated heterocycles. The van der Waals surface area contributed by atoms with Crippen LogP contribution in [0.2, 0.25) is 0 Å². The first-order chi connectivity index (χ1) is 5.65. The van der Waals surface area contributed by atoms with Crippen molar-refractivity contribution in [3.8, 4) is 0 Å². The summed E-state index contributed by atoms with van der Waals surface area (Å²) in [6.07, 6.45) is 1.57. The van der Waals surface area contributed by atoms with Crippen LogP contribution in [0.15, 0.2) is 29.3 Å². The minimum Gasteiger partial charge on any atom is -0.258 e. The Balaban J connectivity index is 3.22.